The lowest BCUT2D eigenvalue weighted by Crippen LogP contribution is -1.97. The van der Waals surface area contributed by atoms with Gasteiger partial charge in [0.15, 0.2) is 0 Å². The fraction of sp³-hybridized carbons (Fsp3) is 0.167. The highest BCUT2D eigenvalue weighted by molar-refractivity contribution is 7.16. The lowest BCUT2D eigenvalue weighted by Gasteiger charge is -1.86. The standard InChI is InChI=1S/C6H3Cl2NO2S/c1-2-9-3(5(7)10)4(12-2)6(8)11/h1H3. The fourth-order valence-electron chi connectivity index (χ4n) is 0.694. The number of hydrogen-bond acceptors (Lipinski definition) is 4. The van der Waals surface area contributed by atoms with E-state index in [-0.39, 0.29) is 10.6 Å². The zero-order valence-electron chi connectivity index (χ0n) is 5.93. The first-order valence-electron chi connectivity index (χ1n) is 2.89. The quantitative estimate of drug-likeness (QED) is 0.723. The van der Waals surface area contributed by atoms with E-state index in [0.717, 1.165) is 11.3 Å². The Morgan fingerprint density at radius 1 is 1.33 bits per heavy atom. The van der Waals surface area contributed by atoms with Gasteiger partial charge in [-0.05, 0) is 30.1 Å². The molecule has 0 fully saturated rings. The van der Waals surface area contributed by atoms with Gasteiger partial charge in [-0.15, -0.1) is 11.3 Å². The molecule has 0 aliphatic rings. The van der Waals surface area contributed by atoms with Gasteiger partial charge in [0.05, 0.1) is 5.01 Å². The van der Waals surface area contributed by atoms with Crippen LogP contribution in [0.5, 0.6) is 0 Å². The maximum absolute atomic E-state index is 10.7. The van der Waals surface area contributed by atoms with Crippen LogP contribution in [-0.4, -0.2) is 15.5 Å². The van der Waals surface area contributed by atoms with Crippen LogP contribution in [0.25, 0.3) is 0 Å². The van der Waals surface area contributed by atoms with E-state index in [1.165, 1.54) is 0 Å². The molecule has 3 nitrogen and oxygen atoms in total. The van der Waals surface area contributed by atoms with E-state index in [9.17, 15) is 9.59 Å². The van der Waals surface area contributed by atoms with E-state index in [1.807, 2.05) is 0 Å². The van der Waals surface area contributed by atoms with Crippen LogP contribution in [0.4, 0.5) is 0 Å². The van der Waals surface area contributed by atoms with Gasteiger partial charge in [0.25, 0.3) is 10.5 Å². The van der Waals surface area contributed by atoms with Crippen molar-refractivity contribution in [1.29, 1.82) is 0 Å². The van der Waals surface area contributed by atoms with Gasteiger partial charge in [-0.2, -0.15) is 0 Å². The van der Waals surface area contributed by atoms with E-state index in [4.69, 9.17) is 23.2 Å². The summed E-state index contributed by atoms with van der Waals surface area (Å²) >= 11 is 11.4. The first-order valence-corrected chi connectivity index (χ1v) is 4.46. The molecule has 0 amide bonds. The molecule has 0 unspecified atom stereocenters. The molecule has 6 heteroatoms. The highest BCUT2D eigenvalue weighted by Gasteiger charge is 2.19. The smallest absolute Gasteiger partial charge is 0.272 e. The molecule has 0 bridgehead atoms. The molecule has 0 saturated carbocycles. The van der Waals surface area contributed by atoms with Crippen molar-refractivity contribution < 1.29 is 9.59 Å². The number of aromatic nitrogens is 1. The van der Waals surface area contributed by atoms with Crippen LogP contribution in [-0.2, 0) is 0 Å². The zero-order chi connectivity index (χ0) is 9.30. The molecule has 1 aromatic rings. The minimum absolute atomic E-state index is 0.0563. The van der Waals surface area contributed by atoms with E-state index in [2.05, 4.69) is 4.98 Å². The lowest BCUT2D eigenvalue weighted by molar-refractivity contribution is 0.105. The SMILES string of the molecule is Cc1nc(C(=O)Cl)c(C(=O)Cl)s1. The Morgan fingerprint density at radius 3 is 2.25 bits per heavy atom. The van der Waals surface area contributed by atoms with Crippen LogP contribution >= 0.6 is 34.5 Å². The Hall–Kier alpha value is -0.450. The van der Waals surface area contributed by atoms with E-state index in [1.54, 1.807) is 6.92 Å². The molecular weight excluding hydrogens is 221 g/mol. The molecule has 0 spiro atoms. The van der Waals surface area contributed by atoms with Crippen LogP contribution in [0.2, 0.25) is 0 Å². The normalized spacial score (nSPS) is 9.92. The maximum atomic E-state index is 10.7. The Kier molecular flexibility index (Phi) is 2.82. The number of halogens is 2. The summed E-state index contributed by atoms with van der Waals surface area (Å²) in [5.41, 5.74) is -0.0563. The molecular formula is C6H3Cl2NO2S. The van der Waals surface area contributed by atoms with Crippen LogP contribution in [0.15, 0.2) is 0 Å². The van der Waals surface area contributed by atoms with Crippen molar-refractivity contribution in [3.8, 4) is 0 Å². The highest BCUT2D eigenvalue weighted by atomic mass is 35.5. The molecule has 0 saturated heterocycles. The second-order valence-corrected chi connectivity index (χ2v) is 3.85. The van der Waals surface area contributed by atoms with Crippen molar-refractivity contribution in [3.63, 3.8) is 0 Å². The summed E-state index contributed by atoms with van der Waals surface area (Å²) in [7, 11) is 0. The van der Waals surface area contributed by atoms with Crippen molar-refractivity contribution in [1.82, 2.24) is 4.98 Å². The van der Waals surface area contributed by atoms with Crippen LogP contribution < -0.4 is 0 Å². The fourth-order valence-corrected chi connectivity index (χ4v) is 1.84. The minimum Gasteiger partial charge on any atom is -0.275 e. The number of carbonyl (C=O) groups excluding carboxylic acids is 2. The zero-order valence-corrected chi connectivity index (χ0v) is 8.26. The number of rotatable bonds is 2. The third kappa shape index (κ3) is 1.83. The molecule has 12 heavy (non-hydrogen) atoms. The van der Waals surface area contributed by atoms with Gasteiger partial charge in [0.2, 0.25) is 0 Å². The number of nitrogens with zero attached hydrogens (tertiary/aromatic N) is 1. The molecule has 1 rings (SSSR count). The van der Waals surface area contributed by atoms with Crippen LogP contribution in [0, 0.1) is 6.92 Å². The third-order valence-electron chi connectivity index (χ3n) is 1.10. The summed E-state index contributed by atoms with van der Waals surface area (Å²) in [4.78, 5) is 25.3. The number of carbonyl (C=O) groups is 2. The highest BCUT2D eigenvalue weighted by Crippen LogP contribution is 2.21. The van der Waals surface area contributed by atoms with Crippen molar-refractivity contribution in [2.75, 3.05) is 0 Å². The molecule has 0 atom stereocenters. The van der Waals surface area contributed by atoms with Crippen LogP contribution in [0.1, 0.15) is 25.2 Å². The van der Waals surface area contributed by atoms with Crippen LogP contribution in [0.3, 0.4) is 0 Å². The van der Waals surface area contributed by atoms with Crippen molar-refractivity contribution in [3.05, 3.63) is 15.6 Å². The van der Waals surface area contributed by atoms with Gasteiger partial charge >= 0.3 is 0 Å². The maximum Gasteiger partial charge on any atom is 0.272 e. The lowest BCUT2D eigenvalue weighted by atomic mass is 10.4. The molecule has 64 valence electrons. The summed E-state index contributed by atoms with van der Waals surface area (Å²) in [5.74, 6) is 0. The minimum atomic E-state index is -0.761. The first-order chi connectivity index (χ1) is 5.52. The van der Waals surface area contributed by atoms with Gasteiger partial charge in [-0.3, -0.25) is 9.59 Å². The van der Waals surface area contributed by atoms with E-state index >= 15 is 0 Å². The summed E-state index contributed by atoms with van der Waals surface area (Å²) in [5, 5.41) is -0.879. The molecule has 1 heterocycles. The third-order valence-corrected chi connectivity index (χ3v) is 2.55. The summed E-state index contributed by atoms with van der Waals surface area (Å²) in [6, 6.07) is 0. The summed E-state index contributed by atoms with van der Waals surface area (Å²) < 4.78 is 0. The van der Waals surface area contributed by atoms with Crippen molar-refractivity contribution in [2.24, 2.45) is 0 Å². The van der Waals surface area contributed by atoms with Gasteiger partial charge in [-0.1, -0.05) is 0 Å². The second-order valence-electron chi connectivity index (χ2n) is 1.96. The summed E-state index contributed by atoms with van der Waals surface area (Å²) in [6.45, 7) is 1.66. The van der Waals surface area contributed by atoms with Crippen molar-refractivity contribution in [2.45, 2.75) is 6.92 Å². The second kappa shape index (κ2) is 3.51. The average Bonchev–Trinajstić information content (AvgIpc) is 2.31. The van der Waals surface area contributed by atoms with Gasteiger partial charge in [0, 0.05) is 0 Å². The van der Waals surface area contributed by atoms with E-state index in [0.29, 0.717) is 5.01 Å². The predicted molar refractivity (Wildman–Crippen MR) is 47.2 cm³/mol. The van der Waals surface area contributed by atoms with Gasteiger partial charge in [-0.25, -0.2) is 4.98 Å². The molecule has 0 N–H and O–H groups in total. The topological polar surface area (TPSA) is 47.0 Å². The summed E-state index contributed by atoms with van der Waals surface area (Å²) in [6.07, 6.45) is 0. The predicted octanol–water partition coefficient (Wildman–Crippen LogP) is 2.21. The largest absolute Gasteiger partial charge is 0.275 e. The molecule has 0 aromatic carbocycles. The number of hydrogen-bond donors (Lipinski definition) is 0. The van der Waals surface area contributed by atoms with Crippen molar-refractivity contribution >= 4 is 45.0 Å². The Morgan fingerprint density at radius 2 is 1.92 bits per heavy atom. The molecule has 0 aliphatic heterocycles. The molecule has 0 aliphatic carbocycles. The average molecular weight is 224 g/mol. The van der Waals surface area contributed by atoms with Gasteiger partial charge in [0.1, 0.15) is 10.6 Å². The number of aryl methyl sites for hydroxylation is 1. The molecule has 1 aromatic heterocycles. The Labute approximate surface area is 82.3 Å². The Balaban J connectivity index is 3.26. The van der Waals surface area contributed by atoms with E-state index < -0.39 is 10.5 Å². The molecule has 0 radical (unpaired) electrons. The number of thiazole rings is 1. The Bertz CT molecular complexity index is 316. The van der Waals surface area contributed by atoms with Gasteiger partial charge < -0.3 is 0 Å². The monoisotopic (exact) mass is 223 g/mol. The first kappa shape index (κ1) is 9.64.